The number of hydrogen-bond donors (Lipinski definition) is 1. The van der Waals surface area contributed by atoms with E-state index in [1.807, 2.05) is 32.0 Å². The minimum absolute atomic E-state index is 0.114. The summed E-state index contributed by atoms with van der Waals surface area (Å²) in [6.07, 6.45) is 0. The van der Waals surface area contributed by atoms with Gasteiger partial charge in [-0.25, -0.2) is 9.97 Å². The van der Waals surface area contributed by atoms with E-state index in [0.717, 1.165) is 0 Å². The molecule has 1 aromatic heterocycles. The van der Waals surface area contributed by atoms with Crippen molar-refractivity contribution in [2.24, 2.45) is 0 Å². The lowest BCUT2D eigenvalue weighted by molar-refractivity contribution is 0.0772. The Labute approximate surface area is 135 Å². The fraction of sp³-hybridized carbons (Fsp3) is 0.312. The molecule has 0 saturated carbocycles. The zero-order chi connectivity index (χ0) is 16.3. The second kappa shape index (κ2) is 6.75. The van der Waals surface area contributed by atoms with Crippen molar-refractivity contribution in [1.82, 2.24) is 14.9 Å². The molecule has 6 heteroatoms. The normalized spacial score (nSPS) is 10.5. The number of rotatable bonds is 4. The molecule has 0 atom stereocenters. The first-order valence-corrected chi connectivity index (χ1v) is 7.55. The minimum atomic E-state index is -0.114. The number of hydrogen-bond acceptors (Lipinski definition) is 4. The number of anilines is 1. The molecule has 0 aliphatic heterocycles. The lowest BCUT2D eigenvalue weighted by Crippen LogP contribution is -2.32. The first-order valence-electron chi connectivity index (χ1n) is 7.17. The van der Waals surface area contributed by atoms with E-state index < -0.39 is 0 Å². The molecule has 1 heterocycles. The summed E-state index contributed by atoms with van der Waals surface area (Å²) >= 11 is 6.26. The van der Waals surface area contributed by atoms with Gasteiger partial charge in [-0.3, -0.25) is 4.79 Å². The first-order chi connectivity index (χ1) is 10.5. The SMILES string of the molecule is CCN(CC)C(=O)c1c(C)nc(N)nc1-c1ccccc1Cl. The number of amides is 1. The van der Waals surface area contributed by atoms with Crippen LogP contribution in [0.3, 0.4) is 0 Å². The Morgan fingerprint density at radius 3 is 2.45 bits per heavy atom. The third kappa shape index (κ3) is 3.04. The van der Waals surface area contributed by atoms with Crippen molar-refractivity contribution in [2.75, 3.05) is 18.8 Å². The summed E-state index contributed by atoms with van der Waals surface area (Å²) in [5.41, 5.74) is 7.93. The van der Waals surface area contributed by atoms with Gasteiger partial charge in [0.05, 0.1) is 17.0 Å². The smallest absolute Gasteiger partial charge is 0.257 e. The molecule has 1 amide bonds. The highest BCUT2D eigenvalue weighted by atomic mass is 35.5. The maximum Gasteiger partial charge on any atom is 0.257 e. The van der Waals surface area contributed by atoms with Crippen molar-refractivity contribution in [3.63, 3.8) is 0 Å². The highest BCUT2D eigenvalue weighted by molar-refractivity contribution is 6.33. The van der Waals surface area contributed by atoms with Gasteiger partial charge in [0.2, 0.25) is 5.95 Å². The molecule has 2 N–H and O–H groups in total. The molecule has 0 radical (unpaired) electrons. The molecule has 0 aliphatic rings. The van der Waals surface area contributed by atoms with E-state index in [-0.39, 0.29) is 11.9 Å². The van der Waals surface area contributed by atoms with E-state index >= 15 is 0 Å². The molecular weight excluding hydrogens is 300 g/mol. The maximum absolute atomic E-state index is 12.8. The van der Waals surface area contributed by atoms with Crippen molar-refractivity contribution in [1.29, 1.82) is 0 Å². The van der Waals surface area contributed by atoms with Crippen molar-refractivity contribution >= 4 is 23.5 Å². The monoisotopic (exact) mass is 318 g/mol. The zero-order valence-electron chi connectivity index (χ0n) is 12.9. The van der Waals surface area contributed by atoms with Crippen LogP contribution in [0.2, 0.25) is 5.02 Å². The average Bonchev–Trinajstić information content (AvgIpc) is 2.48. The lowest BCUT2D eigenvalue weighted by atomic mass is 10.0. The summed E-state index contributed by atoms with van der Waals surface area (Å²) in [5, 5.41) is 0.522. The third-order valence-corrected chi connectivity index (χ3v) is 3.83. The third-order valence-electron chi connectivity index (χ3n) is 3.50. The number of nitrogens with two attached hydrogens (primary N) is 1. The Hall–Kier alpha value is -2.14. The van der Waals surface area contributed by atoms with E-state index in [9.17, 15) is 4.79 Å². The molecule has 0 fully saturated rings. The molecule has 0 unspecified atom stereocenters. The van der Waals surface area contributed by atoms with Gasteiger partial charge in [0.1, 0.15) is 0 Å². The Bertz CT molecular complexity index is 699. The van der Waals surface area contributed by atoms with Crippen LogP contribution in [0.4, 0.5) is 5.95 Å². The summed E-state index contributed by atoms with van der Waals surface area (Å²) in [6.45, 7) is 6.85. The van der Waals surface area contributed by atoms with E-state index in [1.54, 1.807) is 17.9 Å². The highest BCUT2D eigenvalue weighted by Gasteiger charge is 2.23. The van der Waals surface area contributed by atoms with Crippen LogP contribution in [0.5, 0.6) is 0 Å². The quantitative estimate of drug-likeness (QED) is 0.939. The summed E-state index contributed by atoms with van der Waals surface area (Å²) in [7, 11) is 0. The molecule has 0 bridgehead atoms. The fourth-order valence-corrected chi connectivity index (χ4v) is 2.59. The summed E-state index contributed by atoms with van der Waals surface area (Å²) in [5.74, 6) is 0.0148. The van der Waals surface area contributed by atoms with E-state index in [4.69, 9.17) is 17.3 Å². The summed E-state index contributed by atoms with van der Waals surface area (Å²) < 4.78 is 0. The van der Waals surface area contributed by atoms with Gasteiger partial charge in [-0.2, -0.15) is 0 Å². The standard InChI is InChI=1S/C16H19ClN4O/c1-4-21(5-2)15(22)13-10(3)19-16(18)20-14(13)11-8-6-7-9-12(11)17/h6-9H,4-5H2,1-3H3,(H2,18,19,20). The molecule has 0 saturated heterocycles. The van der Waals surface area contributed by atoms with E-state index in [0.29, 0.717) is 40.6 Å². The lowest BCUT2D eigenvalue weighted by Gasteiger charge is -2.21. The maximum atomic E-state index is 12.8. The van der Waals surface area contributed by atoms with E-state index in [1.165, 1.54) is 0 Å². The molecule has 2 rings (SSSR count). The number of carbonyl (C=O) groups is 1. The van der Waals surface area contributed by atoms with E-state index in [2.05, 4.69) is 9.97 Å². The van der Waals surface area contributed by atoms with Gasteiger partial charge in [-0.05, 0) is 26.8 Å². The molecule has 5 nitrogen and oxygen atoms in total. The van der Waals surface area contributed by atoms with Gasteiger partial charge in [-0.15, -0.1) is 0 Å². The highest BCUT2D eigenvalue weighted by Crippen LogP contribution is 2.31. The van der Waals surface area contributed by atoms with Crippen molar-refractivity contribution in [3.8, 4) is 11.3 Å². The van der Waals surface area contributed by atoms with Crippen LogP contribution >= 0.6 is 11.6 Å². The van der Waals surface area contributed by atoms with Crippen molar-refractivity contribution in [2.45, 2.75) is 20.8 Å². The van der Waals surface area contributed by atoms with Crippen LogP contribution in [0, 0.1) is 6.92 Å². The molecular formula is C16H19ClN4O. The molecule has 116 valence electrons. The second-order valence-electron chi connectivity index (χ2n) is 4.85. The summed E-state index contributed by atoms with van der Waals surface area (Å²) in [4.78, 5) is 22.9. The number of aromatic nitrogens is 2. The van der Waals surface area contributed by atoms with Crippen LogP contribution in [0.15, 0.2) is 24.3 Å². The van der Waals surface area contributed by atoms with Gasteiger partial charge >= 0.3 is 0 Å². The molecule has 0 aliphatic carbocycles. The van der Waals surface area contributed by atoms with Gasteiger partial charge in [-0.1, -0.05) is 29.8 Å². The Morgan fingerprint density at radius 2 is 1.86 bits per heavy atom. The van der Waals surface area contributed by atoms with Crippen LogP contribution in [0.1, 0.15) is 29.9 Å². The number of nitrogen functional groups attached to an aromatic ring is 1. The number of aryl methyl sites for hydroxylation is 1. The van der Waals surface area contributed by atoms with Gasteiger partial charge < -0.3 is 10.6 Å². The predicted molar refractivity (Wildman–Crippen MR) is 88.9 cm³/mol. The van der Waals surface area contributed by atoms with Crippen LogP contribution in [-0.4, -0.2) is 33.9 Å². The number of halogens is 1. The Balaban J connectivity index is 2.69. The number of benzene rings is 1. The van der Waals surface area contributed by atoms with Gasteiger partial charge in [0.15, 0.2) is 0 Å². The van der Waals surface area contributed by atoms with Gasteiger partial charge in [0, 0.05) is 23.7 Å². The molecule has 22 heavy (non-hydrogen) atoms. The molecule has 1 aromatic carbocycles. The minimum Gasteiger partial charge on any atom is -0.368 e. The van der Waals surface area contributed by atoms with Crippen molar-refractivity contribution < 1.29 is 4.79 Å². The largest absolute Gasteiger partial charge is 0.368 e. The number of carbonyl (C=O) groups excluding carboxylic acids is 1. The van der Waals surface area contributed by atoms with Crippen LogP contribution < -0.4 is 5.73 Å². The second-order valence-corrected chi connectivity index (χ2v) is 5.26. The van der Waals surface area contributed by atoms with Gasteiger partial charge in [0.25, 0.3) is 5.91 Å². The molecule has 2 aromatic rings. The fourth-order valence-electron chi connectivity index (χ4n) is 2.37. The van der Waals surface area contributed by atoms with Crippen LogP contribution in [0.25, 0.3) is 11.3 Å². The first kappa shape index (κ1) is 16.2. The Kier molecular flexibility index (Phi) is 4.98. The predicted octanol–water partition coefficient (Wildman–Crippen LogP) is 3.17. The topological polar surface area (TPSA) is 72.1 Å². The number of nitrogens with zero attached hydrogens (tertiary/aromatic N) is 3. The van der Waals surface area contributed by atoms with Crippen LogP contribution in [-0.2, 0) is 0 Å². The molecule has 0 spiro atoms. The van der Waals surface area contributed by atoms with Crippen molar-refractivity contribution in [3.05, 3.63) is 40.5 Å². The zero-order valence-corrected chi connectivity index (χ0v) is 13.7. The average molecular weight is 319 g/mol. The Morgan fingerprint density at radius 1 is 1.23 bits per heavy atom. The summed E-state index contributed by atoms with van der Waals surface area (Å²) in [6, 6.07) is 7.26.